The highest BCUT2D eigenvalue weighted by Crippen LogP contribution is 2.08. The summed E-state index contributed by atoms with van der Waals surface area (Å²) in [6.45, 7) is 8.06. The van der Waals surface area contributed by atoms with Crippen LogP contribution in [0.5, 0.6) is 0 Å². The van der Waals surface area contributed by atoms with Crippen molar-refractivity contribution >= 4 is 0 Å². The van der Waals surface area contributed by atoms with Crippen molar-refractivity contribution in [3.63, 3.8) is 0 Å². The lowest BCUT2D eigenvalue weighted by molar-refractivity contribution is 0.107. The van der Waals surface area contributed by atoms with E-state index in [9.17, 15) is 5.11 Å². The lowest BCUT2D eigenvalue weighted by Gasteiger charge is -2.27. The van der Waals surface area contributed by atoms with Gasteiger partial charge < -0.3 is 10.4 Å². The number of hydrogen-bond acceptors (Lipinski definition) is 3. The summed E-state index contributed by atoms with van der Waals surface area (Å²) in [5.74, 6) is 0. The van der Waals surface area contributed by atoms with Crippen molar-refractivity contribution in [3.05, 3.63) is 0 Å². The van der Waals surface area contributed by atoms with Gasteiger partial charge in [0.2, 0.25) is 0 Å². The SMILES string of the molecule is CCN(C[C@@H](C)O)C1CCNC1. The molecule has 0 saturated carbocycles. The van der Waals surface area contributed by atoms with Gasteiger partial charge in [-0.2, -0.15) is 0 Å². The molecule has 0 aromatic heterocycles. The molecule has 0 aromatic carbocycles. The lowest BCUT2D eigenvalue weighted by atomic mass is 10.2. The Bertz CT molecular complexity index is 122. The number of aliphatic hydroxyl groups excluding tert-OH is 1. The van der Waals surface area contributed by atoms with E-state index < -0.39 is 0 Å². The second-order valence-corrected chi connectivity index (χ2v) is 3.58. The van der Waals surface area contributed by atoms with Gasteiger partial charge in [0, 0.05) is 19.1 Å². The Balaban J connectivity index is 2.32. The van der Waals surface area contributed by atoms with Crippen LogP contribution in [0.3, 0.4) is 0 Å². The second kappa shape index (κ2) is 4.80. The minimum absolute atomic E-state index is 0.203. The zero-order valence-corrected chi connectivity index (χ0v) is 8.08. The maximum Gasteiger partial charge on any atom is 0.0639 e. The minimum atomic E-state index is -0.203. The van der Waals surface area contributed by atoms with Gasteiger partial charge in [0.15, 0.2) is 0 Å². The van der Waals surface area contributed by atoms with Gasteiger partial charge in [0.1, 0.15) is 0 Å². The molecule has 3 heteroatoms. The number of aliphatic hydroxyl groups is 1. The molecule has 0 amide bonds. The van der Waals surface area contributed by atoms with Crippen LogP contribution >= 0.6 is 0 Å². The van der Waals surface area contributed by atoms with E-state index in [0.717, 1.165) is 26.2 Å². The van der Waals surface area contributed by atoms with E-state index >= 15 is 0 Å². The van der Waals surface area contributed by atoms with E-state index in [-0.39, 0.29) is 6.10 Å². The first-order valence-electron chi connectivity index (χ1n) is 4.87. The molecule has 3 nitrogen and oxygen atoms in total. The summed E-state index contributed by atoms with van der Waals surface area (Å²) < 4.78 is 0. The molecule has 12 heavy (non-hydrogen) atoms. The summed E-state index contributed by atoms with van der Waals surface area (Å²) >= 11 is 0. The van der Waals surface area contributed by atoms with Crippen LogP contribution in [0.1, 0.15) is 20.3 Å². The highest BCUT2D eigenvalue weighted by Gasteiger charge is 2.21. The van der Waals surface area contributed by atoms with E-state index in [4.69, 9.17) is 0 Å². The summed E-state index contributed by atoms with van der Waals surface area (Å²) in [5.41, 5.74) is 0. The first-order valence-corrected chi connectivity index (χ1v) is 4.87. The van der Waals surface area contributed by atoms with Crippen molar-refractivity contribution in [1.82, 2.24) is 10.2 Å². The summed E-state index contributed by atoms with van der Waals surface area (Å²) in [6, 6.07) is 0.643. The molecule has 2 N–H and O–H groups in total. The quantitative estimate of drug-likeness (QED) is 0.629. The van der Waals surface area contributed by atoms with Gasteiger partial charge >= 0.3 is 0 Å². The van der Waals surface area contributed by atoms with Gasteiger partial charge in [-0.05, 0) is 26.4 Å². The molecule has 0 aliphatic carbocycles. The molecule has 1 rings (SSSR count). The molecule has 1 saturated heterocycles. The average Bonchev–Trinajstić information content (AvgIpc) is 2.51. The number of nitrogens with one attached hydrogen (secondary N) is 1. The van der Waals surface area contributed by atoms with Gasteiger partial charge in [0.05, 0.1) is 6.10 Å². The largest absolute Gasteiger partial charge is 0.392 e. The van der Waals surface area contributed by atoms with E-state index in [2.05, 4.69) is 17.1 Å². The highest BCUT2D eigenvalue weighted by molar-refractivity contribution is 4.80. The lowest BCUT2D eigenvalue weighted by Crippen LogP contribution is -2.40. The predicted molar refractivity (Wildman–Crippen MR) is 50.2 cm³/mol. The molecular weight excluding hydrogens is 152 g/mol. The third-order valence-electron chi connectivity index (χ3n) is 2.46. The zero-order chi connectivity index (χ0) is 8.97. The van der Waals surface area contributed by atoms with Crippen LogP contribution in [-0.2, 0) is 0 Å². The van der Waals surface area contributed by atoms with Crippen molar-refractivity contribution in [3.8, 4) is 0 Å². The number of rotatable bonds is 4. The molecule has 1 aliphatic rings. The molecule has 0 bridgehead atoms. The standard InChI is InChI=1S/C9H20N2O/c1-3-11(7-8(2)12)9-4-5-10-6-9/h8-10,12H,3-7H2,1-2H3/t8-,9?/m1/s1. The molecule has 0 radical (unpaired) electrons. The molecule has 1 unspecified atom stereocenters. The van der Waals surface area contributed by atoms with Crippen molar-refractivity contribution in [2.75, 3.05) is 26.2 Å². The third kappa shape index (κ3) is 2.73. The molecule has 0 spiro atoms. The minimum Gasteiger partial charge on any atom is -0.392 e. The number of likely N-dealkylation sites (N-methyl/N-ethyl adjacent to an activating group) is 1. The molecule has 1 fully saturated rings. The fourth-order valence-corrected chi connectivity index (χ4v) is 1.83. The fourth-order valence-electron chi connectivity index (χ4n) is 1.83. The average molecular weight is 172 g/mol. The van der Waals surface area contributed by atoms with Crippen LogP contribution in [0, 0.1) is 0 Å². The number of hydrogen-bond donors (Lipinski definition) is 2. The van der Waals surface area contributed by atoms with E-state index in [1.165, 1.54) is 6.42 Å². The van der Waals surface area contributed by atoms with Gasteiger partial charge in [-0.15, -0.1) is 0 Å². The molecule has 72 valence electrons. The van der Waals surface area contributed by atoms with E-state index in [0.29, 0.717) is 6.04 Å². The first kappa shape index (κ1) is 9.96. The van der Waals surface area contributed by atoms with Crippen molar-refractivity contribution < 1.29 is 5.11 Å². The molecule has 1 aliphatic heterocycles. The van der Waals surface area contributed by atoms with Crippen molar-refractivity contribution in [2.24, 2.45) is 0 Å². The third-order valence-corrected chi connectivity index (χ3v) is 2.46. The predicted octanol–water partition coefficient (Wildman–Crippen LogP) is 0.0510. The Morgan fingerprint density at radius 3 is 2.83 bits per heavy atom. The smallest absolute Gasteiger partial charge is 0.0639 e. The molecular formula is C9H20N2O. The molecule has 2 atom stereocenters. The van der Waals surface area contributed by atoms with Crippen LogP contribution in [0.4, 0.5) is 0 Å². The molecule has 1 heterocycles. The summed E-state index contributed by atoms with van der Waals surface area (Å²) in [4.78, 5) is 2.35. The van der Waals surface area contributed by atoms with Gasteiger partial charge in [-0.1, -0.05) is 6.92 Å². The van der Waals surface area contributed by atoms with Gasteiger partial charge in [-0.3, -0.25) is 4.90 Å². The van der Waals surface area contributed by atoms with Crippen LogP contribution in [0.2, 0.25) is 0 Å². The normalized spacial score (nSPS) is 26.5. The van der Waals surface area contributed by atoms with Gasteiger partial charge in [-0.25, -0.2) is 0 Å². The maximum absolute atomic E-state index is 9.25. The number of nitrogens with zero attached hydrogens (tertiary/aromatic N) is 1. The van der Waals surface area contributed by atoms with Crippen LogP contribution in [0.15, 0.2) is 0 Å². The van der Waals surface area contributed by atoms with Crippen molar-refractivity contribution in [1.29, 1.82) is 0 Å². The van der Waals surface area contributed by atoms with Crippen molar-refractivity contribution in [2.45, 2.75) is 32.4 Å². The Morgan fingerprint density at radius 2 is 2.42 bits per heavy atom. The Morgan fingerprint density at radius 1 is 1.67 bits per heavy atom. The topological polar surface area (TPSA) is 35.5 Å². The van der Waals surface area contributed by atoms with E-state index in [1.54, 1.807) is 0 Å². The Labute approximate surface area is 74.8 Å². The first-order chi connectivity index (χ1) is 5.74. The van der Waals surface area contributed by atoms with Crippen LogP contribution < -0.4 is 5.32 Å². The Kier molecular flexibility index (Phi) is 3.98. The van der Waals surface area contributed by atoms with Crippen LogP contribution in [-0.4, -0.2) is 48.3 Å². The summed E-state index contributed by atoms with van der Waals surface area (Å²) in [6.07, 6.45) is 1.02. The van der Waals surface area contributed by atoms with Crippen LogP contribution in [0.25, 0.3) is 0 Å². The second-order valence-electron chi connectivity index (χ2n) is 3.58. The van der Waals surface area contributed by atoms with E-state index in [1.807, 2.05) is 6.92 Å². The molecule has 0 aromatic rings. The highest BCUT2D eigenvalue weighted by atomic mass is 16.3. The summed E-state index contributed by atoms with van der Waals surface area (Å²) in [5, 5.41) is 12.6. The zero-order valence-electron chi connectivity index (χ0n) is 8.08. The summed E-state index contributed by atoms with van der Waals surface area (Å²) in [7, 11) is 0. The Hall–Kier alpha value is -0.120. The fraction of sp³-hybridized carbons (Fsp3) is 1.00. The maximum atomic E-state index is 9.25. The van der Waals surface area contributed by atoms with Gasteiger partial charge in [0.25, 0.3) is 0 Å². The monoisotopic (exact) mass is 172 g/mol.